The summed E-state index contributed by atoms with van der Waals surface area (Å²) in [6.45, 7) is 7.63. The van der Waals surface area contributed by atoms with Crippen LogP contribution in [-0.4, -0.2) is 9.97 Å². The smallest absolute Gasteiger partial charge is 0.197 e. The van der Waals surface area contributed by atoms with Gasteiger partial charge in [0.2, 0.25) is 0 Å². The molecule has 2 heterocycles. The first-order chi connectivity index (χ1) is 23.7. The molecular weight excluding hydrogens is 585 g/mol. The first-order valence-corrected chi connectivity index (χ1v) is 15.6. The molecule has 222 valence electrons. The summed E-state index contributed by atoms with van der Waals surface area (Å²) in [5.74, 6) is 0. The van der Waals surface area contributed by atoms with Gasteiger partial charge in [-0.05, 0) is 84.3 Å². The van der Waals surface area contributed by atoms with Gasteiger partial charge in [0.25, 0.3) is 0 Å². The van der Waals surface area contributed by atoms with Crippen LogP contribution in [0.2, 0.25) is 0 Å². The second-order valence-electron chi connectivity index (χ2n) is 11.6. The highest BCUT2D eigenvalue weighted by atomic mass is 14.7. The summed E-state index contributed by atoms with van der Waals surface area (Å²) in [5.41, 5.74) is 11.6. The van der Waals surface area contributed by atoms with Crippen LogP contribution in [0.25, 0.3) is 82.0 Å². The van der Waals surface area contributed by atoms with Crippen LogP contribution < -0.4 is 0 Å². The molecule has 4 heteroatoms. The third kappa shape index (κ3) is 4.95. The van der Waals surface area contributed by atoms with Crippen LogP contribution in [0.15, 0.2) is 158 Å². The summed E-state index contributed by atoms with van der Waals surface area (Å²) in [7, 11) is 0. The number of nitriles is 1. The van der Waals surface area contributed by atoms with Crippen molar-refractivity contribution >= 4 is 27.2 Å². The Morgan fingerprint density at radius 1 is 0.479 bits per heavy atom. The highest BCUT2D eigenvalue weighted by Crippen LogP contribution is 2.45. The minimum absolute atomic E-state index is 0.587. The number of aromatic nitrogens is 2. The van der Waals surface area contributed by atoms with E-state index in [0.29, 0.717) is 11.3 Å². The fourth-order valence-electron chi connectivity index (χ4n) is 6.67. The van der Waals surface area contributed by atoms with Gasteiger partial charge in [-0.2, -0.15) is 5.26 Å². The van der Waals surface area contributed by atoms with Crippen molar-refractivity contribution < 1.29 is 0 Å². The van der Waals surface area contributed by atoms with Crippen LogP contribution in [-0.2, 0) is 0 Å². The van der Waals surface area contributed by atoms with Crippen molar-refractivity contribution in [3.8, 4) is 61.7 Å². The molecular formula is C44H26N4. The fraction of sp³-hybridized carbons (Fsp3) is 0. The van der Waals surface area contributed by atoms with E-state index < -0.39 is 0 Å². The molecule has 8 aromatic rings. The van der Waals surface area contributed by atoms with Gasteiger partial charge in [0.05, 0.1) is 18.2 Å². The number of pyridine rings is 2. The van der Waals surface area contributed by atoms with Crippen molar-refractivity contribution in [3.63, 3.8) is 0 Å². The van der Waals surface area contributed by atoms with E-state index in [-0.39, 0.29) is 0 Å². The standard InChI is InChI=1S/C44H26N4/c1-46-42-22-24-48-28-41(42)31-13-17-33(18-14-31)44-37-10-6-5-9-36(37)43(38-20-19-34(25-39(38)44)29-7-3-2-4-8-29)32-15-11-30(12-16-32)40-27-47-23-21-35(40)26-45/h2-25,27-28H. The van der Waals surface area contributed by atoms with Crippen LogP contribution >= 0.6 is 0 Å². The molecule has 0 amide bonds. The molecule has 8 rings (SSSR count). The van der Waals surface area contributed by atoms with Crippen molar-refractivity contribution in [1.82, 2.24) is 9.97 Å². The molecule has 0 saturated carbocycles. The van der Waals surface area contributed by atoms with Gasteiger partial charge < -0.3 is 0 Å². The SMILES string of the molecule is [C-]#[N+]c1ccncc1-c1ccc(-c2c3ccccc3c(-c3ccc(-c4cnccc4C#N)cc3)c3ccc(-c4ccccc4)cc23)cc1. The van der Waals surface area contributed by atoms with E-state index in [4.69, 9.17) is 6.57 Å². The molecule has 0 saturated heterocycles. The van der Waals surface area contributed by atoms with Gasteiger partial charge in [0, 0.05) is 35.9 Å². The van der Waals surface area contributed by atoms with Gasteiger partial charge in [-0.25, -0.2) is 4.85 Å². The van der Waals surface area contributed by atoms with Gasteiger partial charge in [-0.3, -0.25) is 9.97 Å². The Bertz CT molecular complexity index is 2560. The second kappa shape index (κ2) is 12.1. The maximum absolute atomic E-state index is 9.68. The first kappa shape index (κ1) is 28.6. The highest BCUT2D eigenvalue weighted by Gasteiger charge is 2.18. The topological polar surface area (TPSA) is 53.9 Å². The van der Waals surface area contributed by atoms with Crippen LogP contribution in [0.5, 0.6) is 0 Å². The number of fused-ring (bicyclic) bond motifs is 2. The van der Waals surface area contributed by atoms with Crippen LogP contribution in [0.1, 0.15) is 5.56 Å². The number of hydrogen-bond acceptors (Lipinski definition) is 3. The Labute approximate surface area is 278 Å². The van der Waals surface area contributed by atoms with E-state index in [1.807, 2.05) is 6.07 Å². The molecule has 0 aliphatic heterocycles. The quantitative estimate of drug-likeness (QED) is 0.144. The van der Waals surface area contributed by atoms with Crippen molar-refractivity contribution in [3.05, 3.63) is 175 Å². The summed E-state index contributed by atoms with van der Waals surface area (Å²) in [6, 6.07) is 48.6. The Morgan fingerprint density at radius 3 is 1.65 bits per heavy atom. The Morgan fingerprint density at radius 2 is 1.00 bits per heavy atom. The number of benzene rings is 6. The maximum Gasteiger partial charge on any atom is 0.197 e. The maximum atomic E-state index is 9.68. The third-order valence-corrected chi connectivity index (χ3v) is 8.96. The molecule has 0 unspecified atom stereocenters. The van der Waals surface area contributed by atoms with Gasteiger partial charge in [-0.15, -0.1) is 0 Å². The van der Waals surface area contributed by atoms with Crippen LogP contribution in [0, 0.1) is 17.9 Å². The lowest BCUT2D eigenvalue weighted by Crippen LogP contribution is -1.92. The summed E-state index contributed by atoms with van der Waals surface area (Å²) in [6.07, 6.45) is 6.82. The molecule has 0 aliphatic rings. The average molecular weight is 611 g/mol. The summed E-state index contributed by atoms with van der Waals surface area (Å²) >= 11 is 0. The van der Waals surface area contributed by atoms with Crippen LogP contribution in [0.3, 0.4) is 0 Å². The monoisotopic (exact) mass is 610 g/mol. The third-order valence-electron chi connectivity index (χ3n) is 8.96. The minimum Gasteiger partial charge on any atom is -0.267 e. The normalized spacial score (nSPS) is 10.9. The summed E-state index contributed by atoms with van der Waals surface area (Å²) < 4.78 is 0. The van der Waals surface area contributed by atoms with Gasteiger partial charge in [0.1, 0.15) is 0 Å². The Hall–Kier alpha value is -6.88. The second-order valence-corrected chi connectivity index (χ2v) is 11.6. The number of rotatable bonds is 5. The molecule has 0 N–H and O–H groups in total. The largest absolute Gasteiger partial charge is 0.267 e. The molecule has 6 aromatic carbocycles. The molecule has 4 nitrogen and oxygen atoms in total. The number of hydrogen-bond donors (Lipinski definition) is 0. The zero-order chi connectivity index (χ0) is 32.5. The van der Waals surface area contributed by atoms with Crippen molar-refractivity contribution in [2.45, 2.75) is 0 Å². The summed E-state index contributed by atoms with van der Waals surface area (Å²) in [4.78, 5) is 12.3. The molecule has 0 spiro atoms. The zero-order valence-electron chi connectivity index (χ0n) is 25.8. The molecule has 48 heavy (non-hydrogen) atoms. The lowest BCUT2D eigenvalue weighted by Gasteiger charge is -2.19. The lowest BCUT2D eigenvalue weighted by atomic mass is 9.84. The Balaban J connectivity index is 1.37. The molecule has 0 radical (unpaired) electrons. The lowest BCUT2D eigenvalue weighted by molar-refractivity contribution is 1.31. The average Bonchev–Trinajstić information content (AvgIpc) is 3.17. The van der Waals surface area contributed by atoms with E-state index in [9.17, 15) is 5.26 Å². The molecule has 0 atom stereocenters. The highest BCUT2D eigenvalue weighted by molar-refractivity contribution is 6.22. The molecule has 0 fully saturated rings. The van der Waals surface area contributed by atoms with Crippen molar-refractivity contribution in [2.24, 2.45) is 0 Å². The number of nitrogens with zero attached hydrogens (tertiary/aromatic N) is 4. The predicted molar refractivity (Wildman–Crippen MR) is 195 cm³/mol. The van der Waals surface area contributed by atoms with Gasteiger partial charge in [0.15, 0.2) is 5.69 Å². The van der Waals surface area contributed by atoms with E-state index in [1.54, 1.807) is 36.9 Å². The Kier molecular flexibility index (Phi) is 7.23. The molecule has 0 bridgehead atoms. The van der Waals surface area contributed by atoms with Crippen LogP contribution in [0.4, 0.5) is 5.69 Å². The van der Waals surface area contributed by atoms with Gasteiger partial charge >= 0.3 is 0 Å². The summed E-state index contributed by atoms with van der Waals surface area (Å²) in [5, 5.41) is 14.3. The molecule has 2 aromatic heterocycles. The molecule has 0 aliphatic carbocycles. The van der Waals surface area contributed by atoms with Crippen molar-refractivity contribution in [2.75, 3.05) is 0 Å². The first-order valence-electron chi connectivity index (χ1n) is 15.6. The van der Waals surface area contributed by atoms with E-state index in [2.05, 4.69) is 136 Å². The zero-order valence-corrected chi connectivity index (χ0v) is 25.8. The fourth-order valence-corrected chi connectivity index (χ4v) is 6.67. The van der Waals surface area contributed by atoms with E-state index in [0.717, 1.165) is 77.2 Å². The van der Waals surface area contributed by atoms with E-state index in [1.165, 1.54) is 0 Å². The predicted octanol–water partition coefficient (Wildman–Crippen LogP) is 11.5. The van der Waals surface area contributed by atoms with Gasteiger partial charge in [-0.1, -0.05) is 115 Å². The van der Waals surface area contributed by atoms with E-state index >= 15 is 0 Å². The minimum atomic E-state index is 0.587. The van der Waals surface area contributed by atoms with Crippen molar-refractivity contribution in [1.29, 1.82) is 5.26 Å².